The first kappa shape index (κ1) is 17.3. The monoisotopic (exact) mass is 388 g/mol. The average molecular weight is 388 g/mol. The molecule has 140 valence electrons. The van der Waals surface area contributed by atoms with E-state index in [0.717, 1.165) is 58.4 Å². The third-order valence-corrected chi connectivity index (χ3v) is 6.55. The van der Waals surface area contributed by atoms with Gasteiger partial charge in [0, 0.05) is 36.2 Å². The predicted molar refractivity (Wildman–Crippen MR) is 112 cm³/mol. The van der Waals surface area contributed by atoms with E-state index < -0.39 is 0 Å². The Morgan fingerprint density at radius 3 is 2.93 bits per heavy atom. The molecule has 0 aliphatic carbocycles. The number of Topliss-reactive ketones (excluding diaryl/α,β-unsaturated/α-hetero) is 1. The summed E-state index contributed by atoms with van der Waals surface area (Å²) in [5.41, 5.74) is 6.56. The smallest absolute Gasteiger partial charge is 0.195 e. The Kier molecular flexibility index (Phi) is 4.30. The van der Waals surface area contributed by atoms with Crippen molar-refractivity contribution in [3.05, 3.63) is 69.3 Å². The van der Waals surface area contributed by atoms with Crippen LogP contribution in [0.5, 0.6) is 0 Å². The fourth-order valence-corrected chi connectivity index (χ4v) is 4.88. The van der Waals surface area contributed by atoms with Crippen molar-refractivity contribution in [2.75, 3.05) is 6.54 Å². The highest BCUT2D eigenvalue weighted by Crippen LogP contribution is 2.32. The van der Waals surface area contributed by atoms with Gasteiger partial charge in [0.1, 0.15) is 0 Å². The maximum atomic E-state index is 12.9. The molecule has 1 aliphatic heterocycles. The van der Waals surface area contributed by atoms with Gasteiger partial charge in [-0.25, -0.2) is 4.98 Å². The molecule has 0 unspecified atom stereocenters. The number of carbonyl (C=O) groups is 1. The second-order valence-corrected chi connectivity index (χ2v) is 8.23. The lowest BCUT2D eigenvalue weighted by Crippen LogP contribution is -2.22. The van der Waals surface area contributed by atoms with Gasteiger partial charge in [-0.1, -0.05) is 30.3 Å². The first-order chi connectivity index (χ1) is 13.7. The highest BCUT2D eigenvalue weighted by Gasteiger charge is 2.20. The lowest BCUT2D eigenvalue weighted by atomic mass is 9.92. The molecule has 0 atom stereocenters. The zero-order valence-corrected chi connectivity index (χ0v) is 16.4. The van der Waals surface area contributed by atoms with Gasteiger partial charge < -0.3 is 5.32 Å². The SMILES string of the molecule is Cc1c(CC(=O)c2nc3c(s2)CNCC3)cccc1-c1cccc2[nH]ncc12. The first-order valence-electron chi connectivity index (χ1n) is 9.44. The fourth-order valence-electron chi connectivity index (χ4n) is 3.86. The molecular formula is C22H20N4OS. The van der Waals surface area contributed by atoms with Crippen LogP contribution in [0.3, 0.4) is 0 Å². The van der Waals surface area contributed by atoms with E-state index in [0.29, 0.717) is 11.4 Å². The Balaban J connectivity index is 1.48. The number of H-pyrrole nitrogens is 1. The molecule has 2 N–H and O–H groups in total. The summed E-state index contributed by atoms with van der Waals surface area (Å²) in [4.78, 5) is 18.7. The summed E-state index contributed by atoms with van der Waals surface area (Å²) >= 11 is 1.54. The van der Waals surface area contributed by atoms with E-state index in [2.05, 4.69) is 39.6 Å². The average Bonchev–Trinajstić information content (AvgIpc) is 3.36. The molecule has 0 fully saturated rings. The highest BCUT2D eigenvalue weighted by molar-refractivity contribution is 7.13. The van der Waals surface area contributed by atoms with E-state index in [-0.39, 0.29) is 5.78 Å². The molecule has 1 aliphatic rings. The summed E-state index contributed by atoms with van der Waals surface area (Å²) in [6.45, 7) is 3.85. The van der Waals surface area contributed by atoms with Gasteiger partial charge in [-0.2, -0.15) is 5.10 Å². The third kappa shape index (κ3) is 2.95. The number of hydrogen-bond donors (Lipinski definition) is 2. The largest absolute Gasteiger partial charge is 0.311 e. The zero-order chi connectivity index (χ0) is 19.1. The summed E-state index contributed by atoms with van der Waals surface area (Å²) < 4.78 is 0. The molecule has 0 saturated heterocycles. The number of benzene rings is 2. The van der Waals surface area contributed by atoms with Crippen LogP contribution < -0.4 is 5.32 Å². The van der Waals surface area contributed by atoms with Crippen molar-refractivity contribution < 1.29 is 4.79 Å². The van der Waals surface area contributed by atoms with E-state index in [1.54, 1.807) is 0 Å². The number of aromatic nitrogens is 3. The zero-order valence-electron chi connectivity index (χ0n) is 15.6. The standard InChI is InChI=1S/C22H20N4OS/c1-13-14(10-20(27)22-25-19-8-9-23-12-21(19)28-22)4-2-5-15(13)16-6-3-7-18-17(16)11-24-26-18/h2-7,11,23H,8-10,12H2,1H3,(H,24,26). The second kappa shape index (κ2) is 6.96. The molecule has 6 heteroatoms. The Bertz CT molecular complexity index is 1170. The Morgan fingerprint density at radius 1 is 1.18 bits per heavy atom. The van der Waals surface area contributed by atoms with Gasteiger partial charge in [-0.15, -0.1) is 11.3 Å². The van der Waals surface area contributed by atoms with Crippen molar-refractivity contribution in [3.63, 3.8) is 0 Å². The van der Waals surface area contributed by atoms with Crippen LogP contribution in [0.2, 0.25) is 0 Å². The molecule has 5 nitrogen and oxygen atoms in total. The minimum atomic E-state index is 0.0983. The molecule has 0 amide bonds. The van der Waals surface area contributed by atoms with Gasteiger partial charge in [-0.3, -0.25) is 9.89 Å². The van der Waals surface area contributed by atoms with E-state index in [9.17, 15) is 4.79 Å². The van der Waals surface area contributed by atoms with E-state index in [4.69, 9.17) is 0 Å². The fraction of sp³-hybridized carbons (Fsp3) is 0.227. The Morgan fingerprint density at radius 2 is 2.04 bits per heavy atom. The van der Waals surface area contributed by atoms with Crippen LogP contribution in [0.4, 0.5) is 0 Å². The molecule has 5 rings (SSSR count). The number of nitrogens with zero attached hydrogens (tertiary/aromatic N) is 2. The second-order valence-electron chi connectivity index (χ2n) is 7.14. The molecule has 2 aromatic carbocycles. The number of carbonyl (C=O) groups excluding carboxylic acids is 1. The molecule has 0 saturated carbocycles. The maximum absolute atomic E-state index is 12.9. The molecule has 3 heterocycles. The molecule has 2 aromatic heterocycles. The van der Waals surface area contributed by atoms with Crippen LogP contribution >= 0.6 is 11.3 Å². The minimum absolute atomic E-state index is 0.0983. The highest BCUT2D eigenvalue weighted by atomic mass is 32.1. The summed E-state index contributed by atoms with van der Waals surface area (Å²) in [5, 5.41) is 12.3. The summed E-state index contributed by atoms with van der Waals surface area (Å²) in [5.74, 6) is 0.0983. The van der Waals surface area contributed by atoms with Crippen LogP contribution in [-0.4, -0.2) is 27.5 Å². The van der Waals surface area contributed by atoms with Gasteiger partial charge in [-0.05, 0) is 35.2 Å². The number of nitrogens with one attached hydrogen (secondary N) is 2. The quantitative estimate of drug-likeness (QED) is 0.517. The van der Waals surface area contributed by atoms with Crippen molar-refractivity contribution in [3.8, 4) is 11.1 Å². The number of thiazole rings is 1. The normalized spacial score (nSPS) is 13.6. The summed E-state index contributed by atoms with van der Waals surface area (Å²) in [7, 11) is 0. The molecular weight excluding hydrogens is 368 g/mol. The van der Waals surface area contributed by atoms with Crippen LogP contribution in [-0.2, 0) is 19.4 Å². The number of hydrogen-bond acceptors (Lipinski definition) is 5. The lowest BCUT2D eigenvalue weighted by Gasteiger charge is -2.12. The van der Waals surface area contributed by atoms with Crippen molar-refractivity contribution in [2.45, 2.75) is 26.3 Å². The van der Waals surface area contributed by atoms with E-state index in [1.807, 2.05) is 30.5 Å². The van der Waals surface area contributed by atoms with Gasteiger partial charge in [0.15, 0.2) is 10.8 Å². The number of rotatable bonds is 4. The molecule has 0 radical (unpaired) electrons. The summed E-state index contributed by atoms with van der Waals surface area (Å²) in [6, 6.07) is 12.3. The third-order valence-electron chi connectivity index (χ3n) is 5.41. The molecule has 28 heavy (non-hydrogen) atoms. The lowest BCUT2D eigenvalue weighted by molar-refractivity contribution is 0.0992. The number of aromatic amines is 1. The van der Waals surface area contributed by atoms with Crippen molar-refractivity contribution in [1.82, 2.24) is 20.5 Å². The van der Waals surface area contributed by atoms with Crippen molar-refractivity contribution in [1.29, 1.82) is 0 Å². The Hall–Kier alpha value is -2.83. The van der Waals surface area contributed by atoms with Crippen molar-refractivity contribution in [2.24, 2.45) is 0 Å². The van der Waals surface area contributed by atoms with Crippen LogP contribution in [0, 0.1) is 6.92 Å². The number of fused-ring (bicyclic) bond motifs is 2. The first-order valence-corrected chi connectivity index (χ1v) is 10.3. The number of ketones is 1. The van der Waals surface area contributed by atoms with Crippen LogP contribution in [0.25, 0.3) is 22.0 Å². The van der Waals surface area contributed by atoms with Gasteiger partial charge in [0.25, 0.3) is 0 Å². The maximum Gasteiger partial charge on any atom is 0.195 e. The van der Waals surface area contributed by atoms with E-state index in [1.165, 1.54) is 16.2 Å². The molecule has 0 bridgehead atoms. The van der Waals surface area contributed by atoms with Crippen molar-refractivity contribution >= 4 is 28.0 Å². The summed E-state index contributed by atoms with van der Waals surface area (Å²) in [6.07, 6.45) is 3.14. The molecule has 0 spiro atoms. The van der Waals surface area contributed by atoms with Gasteiger partial charge in [0.2, 0.25) is 0 Å². The van der Waals surface area contributed by atoms with Crippen LogP contribution in [0.15, 0.2) is 42.6 Å². The van der Waals surface area contributed by atoms with Crippen LogP contribution in [0.1, 0.15) is 31.5 Å². The molecule has 4 aromatic rings. The minimum Gasteiger partial charge on any atom is -0.311 e. The Labute approximate surface area is 166 Å². The van der Waals surface area contributed by atoms with E-state index >= 15 is 0 Å². The predicted octanol–water partition coefficient (Wildman–Crippen LogP) is 4.07. The van der Waals surface area contributed by atoms with Gasteiger partial charge >= 0.3 is 0 Å². The topological polar surface area (TPSA) is 70.7 Å². The van der Waals surface area contributed by atoms with Gasteiger partial charge in [0.05, 0.1) is 17.4 Å².